The van der Waals surface area contributed by atoms with E-state index in [0.717, 1.165) is 40.3 Å². The van der Waals surface area contributed by atoms with Crippen LogP contribution in [0.2, 0.25) is 0 Å². The van der Waals surface area contributed by atoms with Crippen molar-refractivity contribution in [2.45, 2.75) is 70.1 Å². The molecule has 2 aliphatic rings. The van der Waals surface area contributed by atoms with Crippen molar-refractivity contribution in [3.05, 3.63) is 62.4 Å². The van der Waals surface area contributed by atoms with Crippen molar-refractivity contribution in [1.82, 2.24) is 28.6 Å². The molecule has 2 aromatic heterocycles. The fourth-order valence-corrected chi connectivity index (χ4v) is 5.28. The third-order valence-electron chi connectivity index (χ3n) is 7.06. The van der Waals surface area contributed by atoms with Gasteiger partial charge >= 0.3 is 11.4 Å². The minimum absolute atomic E-state index is 0.0429. The van der Waals surface area contributed by atoms with E-state index in [4.69, 9.17) is 4.74 Å². The molecule has 2 aliphatic heterocycles. The summed E-state index contributed by atoms with van der Waals surface area (Å²) < 4.78 is 38.0. The molecule has 3 aromatic rings. The summed E-state index contributed by atoms with van der Waals surface area (Å²) in [7, 11) is 1.66. The maximum Gasteiger partial charge on any atom is 0.356 e. The van der Waals surface area contributed by atoms with Crippen LogP contribution >= 0.6 is 0 Å². The summed E-state index contributed by atoms with van der Waals surface area (Å²) in [6.45, 7) is 1.82. The van der Waals surface area contributed by atoms with Gasteiger partial charge in [0, 0.05) is 25.7 Å². The van der Waals surface area contributed by atoms with Gasteiger partial charge in [-0.3, -0.25) is 9.47 Å². The van der Waals surface area contributed by atoms with Gasteiger partial charge in [0.15, 0.2) is 0 Å². The molecule has 0 saturated carbocycles. The van der Waals surface area contributed by atoms with Gasteiger partial charge in [-0.25, -0.2) is 22.9 Å². The lowest BCUT2D eigenvalue weighted by Gasteiger charge is -2.39. The standard InChI is InChI=1S/C23H28F2N6O3/c1-14-27-31-21(28(14)2)26-22(32)30(23(31)33)12-17(25)11-29-18-6-7-19(29)10-20(9-18)34-13-15-4-3-5-16(24)8-15/h3-5,8,17-20H,6-7,9-13H2,1-2H3/t17-,18?,19?,20?/m1/s1. The highest BCUT2D eigenvalue weighted by Crippen LogP contribution is 2.37. The van der Waals surface area contributed by atoms with Gasteiger partial charge in [0.2, 0.25) is 5.78 Å². The van der Waals surface area contributed by atoms with Gasteiger partial charge in [-0.2, -0.15) is 4.98 Å². The first-order chi connectivity index (χ1) is 16.3. The van der Waals surface area contributed by atoms with E-state index in [1.54, 1.807) is 20.0 Å². The van der Waals surface area contributed by atoms with Crippen LogP contribution in [0.5, 0.6) is 0 Å². The molecule has 0 spiro atoms. The van der Waals surface area contributed by atoms with Gasteiger partial charge in [-0.05, 0) is 50.3 Å². The summed E-state index contributed by atoms with van der Waals surface area (Å²) in [5.41, 5.74) is -0.666. The molecule has 9 nitrogen and oxygen atoms in total. The lowest BCUT2D eigenvalue weighted by Crippen LogP contribution is -2.49. The van der Waals surface area contributed by atoms with E-state index in [2.05, 4.69) is 15.0 Å². The number of alkyl halides is 1. The molecule has 182 valence electrons. The number of ether oxygens (including phenoxy) is 1. The first-order valence-electron chi connectivity index (χ1n) is 11.6. The number of hydrogen-bond acceptors (Lipinski definition) is 6. The van der Waals surface area contributed by atoms with Crippen molar-refractivity contribution in [3.63, 3.8) is 0 Å². The number of rotatable bonds is 7. The molecule has 11 heteroatoms. The Hall–Kier alpha value is -2.92. The molecule has 34 heavy (non-hydrogen) atoms. The molecule has 3 atom stereocenters. The van der Waals surface area contributed by atoms with Gasteiger partial charge < -0.3 is 4.74 Å². The maximum absolute atomic E-state index is 15.1. The van der Waals surface area contributed by atoms with Gasteiger partial charge in [-0.15, -0.1) is 9.61 Å². The molecule has 2 bridgehead atoms. The monoisotopic (exact) mass is 474 g/mol. The second-order valence-electron chi connectivity index (χ2n) is 9.32. The highest BCUT2D eigenvalue weighted by atomic mass is 19.1. The Morgan fingerprint density at radius 2 is 1.91 bits per heavy atom. The molecule has 2 unspecified atom stereocenters. The predicted octanol–water partition coefficient (Wildman–Crippen LogP) is 1.59. The van der Waals surface area contributed by atoms with E-state index >= 15 is 4.39 Å². The Morgan fingerprint density at radius 1 is 1.18 bits per heavy atom. The van der Waals surface area contributed by atoms with Crippen LogP contribution in [0, 0.1) is 12.7 Å². The molecule has 0 aliphatic carbocycles. The molecule has 2 fully saturated rings. The van der Waals surface area contributed by atoms with Crippen molar-refractivity contribution in [2.75, 3.05) is 6.54 Å². The van der Waals surface area contributed by atoms with Gasteiger partial charge in [-0.1, -0.05) is 12.1 Å². The number of piperidine rings is 1. The minimum Gasteiger partial charge on any atom is -0.373 e. The first kappa shape index (κ1) is 22.9. The lowest BCUT2D eigenvalue weighted by atomic mass is 9.99. The molecule has 5 rings (SSSR count). The third-order valence-corrected chi connectivity index (χ3v) is 7.06. The second kappa shape index (κ2) is 9.03. The average molecular weight is 475 g/mol. The van der Waals surface area contributed by atoms with Crippen LogP contribution in [0.15, 0.2) is 33.9 Å². The van der Waals surface area contributed by atoms with Crippen LogP contribution in [-0.4, -0.2) is 59.5 Å². The SMILES string of the molecule is Cc1nn2c(=O)n(C[C@H](F)CN3C4CCC3CC(OCc3cccc(F)c3)C4)c(=O)nc2n1C. The van der Waals surface area contributed by atoms with Crippen LogP contribution in [0.1, 0.15) is 37.1 Å². The molecule has 2 saturated heterocycles. The summed E-state index contributed by atoms with van der Waals surface area (Å²) in [5.74, 6) is 0.381. The summed E-state index contributed by atoms with van der Waals surface area (Å²) in [6.07, 6.45) is 2.12. The van der Waals surface area contributed by atoms with E-state index in [1.165, 1.54) is 16.7 Å². The number of aryl methyl sites for hydroxylation is 2. The van der Waals surface area contributed by atoms with Crippen LogP contribution < -0.4 is 11.4 Å². The molecule has 1 aromatic carbocycles. The molecule has 0 radical (unpaired) electrons. The zero-order valence-electron chi connectivity index (χ0n) is 19.2. The van der Waals surface area contributed by atoms with E-state index in [-0.39, 0.29) is 42.9 Å². The van der Waals surface area contributed by atoms with Crippen LogP contribution in [-0.2, 0) is 24.9 Å². The molecular weight excluding hydrogens is 446 g/mol. The highest BCUT2D eigenvalue weighted by molar-refractivity contribution is 5.26. The quantitative estimate of drug-likeness (QED) is 0.517. The zero-order chi connectivity index (χ0) is 24.0. The van der Waals surface area contributed by atoms with E-state index < -0.39 is 17.6 Å². The minimum atomic E-state index is -1.40. The number of aromatic nitrogens is 5. The topological polar surface area (TPSA) is 86.7 Å². The van der Waals surface area contributed by atoms with Crippen molar-refractivity contribution < 1.29 is 13.5 Å². The Kier molecular flexibility index (Phi) is 6.07. The number of fused-ring (bicyclic) bond motifs is 3. The number of nitrogens with zero attached hydrogens (tertiary/aromatic N) is 6. The Bertz CT molecular complexity index is 1300. The Morgan fingerprint density at radius 3 is 2.62 bits per heavy atom. The maximum atomic E-state index is 15.1. The Balaban J connectivity index is 1.22. The van der Waals surface area contributed by atoms with Crippen LogP contribution in [0.25, 0.3) is 5.78 Å². The lowest BCUT2D eigenvalue weighted by molar-refractivity contribution is -0.0342. The number of hydrogen-bond donors (Lipinski definition) is 0. The Labute approximate surface area is 194 Å². The summed E-state index contributed by atoms with van der Waals surface area (Å²) >= 11 is 0. The molecule has 4 heterocycles. The largest absolute Gasteiger partial charge is 0.373 e. The van der Waals surface area contributed by atoms with Crippen molar-refractivity contribution >= 4 is 5.78 Å². The predicted molar refractivity (Wildman–Crippen MR) is 120 cm³/mol. The van der Waals surface area contributed by atoms with E-state index in [9.17, 15) is 14.0 Å². The van der Waals surface area contributed by atoms with Crippen molar-refractivity contribution in [1.29, 1.82) is 0 Å². The van der Waals surface area contributed by atoms with Gasteiger partial charge in [0.1, 0.15) is 17.8 Å². The summed E-state index contributed by atoms with van der Waals surface area (Å²) in [5, 5.41) is 4.10. The normalized spacial score (nSPS) is 23.6. The number of halogens is 2. The fourth-order valence-electron chi connectivity index (χ4n) is 5.28. The molecular formula is C23H28F2N6O3. The summed E-state index contributed by atoms with van der Waals surface area (Å²) in [6, 6.07) is 6.76. The molecule has 0 amide bonds. The first-order valence-corrected chi connectivity index (χ1v) is 11.6. The van der Waals surface area contributed by atoms with Crippen LogP contribution in [0.4, 0.5) is 8.78 Å². The highest BCUT2D eigenvalue weighted by Gasteiger charge is 2.42. The van der Waals surface area contributed by atoms with Crippen LogP contribution in [0.3, 0.4) is 0 Å². The second-order valence-corrected chi connectivity index (χ2v) is 9.32. The van der Waals surface area contributed by atoms with Crippen molar-refractivity contribution in [2.24, 2.45) is 7.05 Å². The zero-order valence-corrected chi connectivity index (χ0v) is 19.2. The fraction of sp³-hybridized carbons (Fsp3) is 0.565. The molecule has 0 N–H and O–H groups in total. The van der Waals surface area contributed by atoms with Crippen molar-refractivity contribution in [3.8, 4) is 0 Å². The van der Waals surface area contributed by atoms with Gasteiger partial charge in [0.25, 0.3) is 0 Å². The van der Waals surface area contributed by atoms with E-state index in [0.29, 0.717) is 12.4 Å². The summed E-state index contributed by atoms with van der Waals surface area (Å²) in [4.78, 5) is 31.2. The number of benzene rings is 1. The average Bonchev–Trinajstić information content (AvgIpc) is 3.20. The van der Waals surface area contributed by atoms with E-state index in [1.807, 2.05) is 6.07 Å². The third kappa shape index (κ3) is 4.29. The van der Waals surface area contributed by atoms with Gasteiger partial charge in [0.05, 0.1) is 19.3 Å². The smallest absolute Gasteiger partial charge is 0.356 e.